The van der Waals surface area contributed by atoms with Crippen molar-refractivity contribution in [3.05, 3.63) is 65.5 Å². The first-order valence-electron chi connectivity index (χ1n) is 6.47. The summed E-state index contributed by atoms with van der Waals surface area (Å²) in [5.41, 5.74) is 1.72. The molecule has 2 aromatic carbocycles. The van der Waals surface area contributed by atoms with Gasteiger partial charge in [-0.2, -0.15) is 0 Å². The van der Waals surface area contributed by atoms with Crippen molar-refractivity contribution in [1.82, 2.24) is 5.32 Å². The minimum absolute atomic E-state index is 0.303. The van der Waals surface area contributed by atoms with Crippen LogP contribution in [0.15, 0.2) is 48.5 Å². The topological polar surface area (TPSA) is 41.5 Å². The van der Waals surface area contributed by atoms with Crippen LogP contribution in [0.1, 0.15) is 17.2 Å². The third-order valence-corrected chi connectivity index (χ3v) is 3.10. The van der Waals surface area contributed by atoms with Crippen LogP contribution in [-0.4, -0.2) is 18.8 Å². The molecule has 0 aliphatic heterocycles. The number of halogens is 1. The van der Waals surface area contributed by atoms with E-state index in [-0.39, 0.29) is 5.82 Å². The Hall–Kier alpha value is -1.91. The van der Waals surface area contributed by atoms with E-state index in [1.807, 2.05) is 24.3 Å². The molecule has 2 N–H and O–H groups in total. The average Bonchev–Trinajstić information content (AvgIpc) is 2.48. The Balaban J connectivity index is 1.87. The first-order valence-corrected chi connectivity index (χ1v) is 6.47. The van der Waals surface area contributed by atoms with Gasteiger partial charge < -0.3 is 15.2 Å². The standard InChI is InChI=1S/C16H18FNO2/c1-20-16-5-3-2-4-13(16)10-18-11-15(19)12-6-8-14(17)9-7-12/h2-9,15,18-19H,10-11H2,1H3/t15-/m0/s1. The molecule has 106 valence electrons. The second-order valence-electron chi connectivity index (χ2n) is 4.51. The van der Waals surface area contributed by atoms with Crippen LogP contribution in [0, 0.1) is 5.82 Å². The van der Waals surface area contributed by atoms with Gasteiger partial charge in [-0.3, -0.25) is 0 Å². The summed E-state index contributed by atoms with van der Waals surface area (Å²) in [6, 6.07) is 13.6. The van der Waals surface area contributed by atoms with E-state index >= 15 is 0 Å². The van der Waals surface area contributed by atoms with Crippen LogP contribution in [0.2, 0.25) is 0 Å². The Kier molecular flexibility index (Phi) is 5.09. The number of nitrogens with one attached hydrogen (secondary N) is 1. The summed E-state index contributed by atoms with van der Waals surface area (Å²) < 4.78 is 18.1. The van der Waals surface area contributed by atoms with Crippen molar-refractivity contribution in [3.63, 3.8) is 0 Å². The van der Waals surface area contributed by atoms with Crippen LogP contribution in [0.25, 0.3) is 0 Å². The van der Waals surface area contributed by atoms with Crippen molar-refractivity contribution in [3.8, 4) is 5.75 Å². The van der Waals surface area contributed by atoms with Gasteiger partial charge in [0, 0.05) is 18.7 Å². The van der Waals surface area contributed by atoms with Crippen molar-refractivity contribution in [2.75, 3.05) is 13.7 Å². The molecule has 0 aromatic heterocycles. The summed E-state index contributed by atoms with van der Waals surface area (Å²) in [5, 5.41) is 13.2. The van der Waals surface area contributed by atoms with E-state index < -0.39 is 6.10 Å². The molecule has 2 aromatic rings. The highest BCUT2D eigenvalue weighted by Gasteiger charge is 2.08. The first-order chi connectivity index (χ1) is 9.70. The molecule has 0 aliphatic carbocycles. The SMILES string of the molecule is COc1ccccc1CNC[C@H](O)c1ccc(F)cc1. The molecule has 1 atom stereocenters. The number of aliphatic hydroxyl groups excluding tert-OH is 1. The van der Waals surface area contributed by atoms with Gasteiger partial charge in [-0.25, -0.2) is 4.39 Å². The molecule has 20 heavy (non-hydrogen) atoms. The van der Waals surface area contributed by atoms with Gasteiger partial charge in [-0.1, -0.05) is 30.3 Å². The zero-order chi connectivity index (χ0) is 14.4. The number of benzene rings is 2. The number of hydrogen-bond donors (Lipinski definition) is 2. The minimum Gasteiger partial charge on any atom is -0.496 e. The number of methoxy groups -OCH3 is 1. The first kappa shape index (κ1) is 14.5. The monoisotopic (exact) mass is 275 g/mol. The molecule has 0 fully saturated rings. The van der Waals surface area contributed by atoms with Crippen molar-refractivity contribution < 1.29 is 14.2 Å². The van der Waals surface area contributed by atoms with Gasteiger partial charge in [0.15, 0.2) is 0 Å². The maximum Gasteiger partial charge on any atom is 0.123 e. The molecular formula is C16H18FNO2. The lowest BCUT2D eigenvalue weighted by molar-refractivity contribution is 0.174. The van der Waals surface area contributed by atoms with E-state index in [1.165, 1.54) is 12.1 Å². The molecule has 0 amide bonds. The van der Waals surface area contributed by atoms with Crippen LogP contribution in [0.3, 0.4) is 0 Å². The maximum absolute atomic E-state index is 12.8. The van der Waals surface area contributed by atoms with E-state index in [2.05, 4.69) is 5.32 Å². The minimum atomic E-state index is -0.662. The number of hydrogen-bond acceptors (Lipinski definition) is 3. The number of para-hydroxylation sites is 1. The summed E-state index contributed by atoms with van der Waals surface area (Å²) in [6.07, 6.45) is -0.662. The Labute approximate surface area is 118 Å². The van der Waals surface area contributed by atoms with Crippen LogP contribution in [-0.2, 0) is 6.54 Å². The van der Waals surface area contributed by atoms with Crippen LogP contribution < -0.4 is 10.1 Å². The molecule has 0 unspecified atom stereocenters. The fourth-order valence-electron chi connectivity index (χ4n) is 2.00. The Morgan fingerprint density at radius 1 is 1.15 bits per heavy atom. The summed E-state index contributed by atoms with van der Waals surface area (Å²) in [6.45, 7) is 0.992. The highest BCUT2D eigenvalue weighted by atomic mass is 19.1. The molecular weight excluding hydrogens is 257 g/mol. The van der Waals surface area contributed by atoms with Gasteiger partial charge in [0.05, 0.1) is 13.2 Å². The largest absolute Gasteiger partial charge is 0.496 e. The van der Waals surface area contributed by atoms with E-state index in [9.17, 15) is 9.50 Å². The number of rotatable bonds is 6. The normalized spacial score (nSPS) is 12.2. The molecule has 0 heterocycles. The van der Waals surface area contributed by atoms with Gasteiger partial charge in [-0.05, 0) is 23.8 Å². The molecule has 0 spiro atoms. The van der Waals surface area contributed by atoms with Crippen LogP contribution in [0.4, 0.5) is 4.39 Å². The van der Waals surface area contributed by atoms with Gasteiger partial charge >= 0.3 is 0 Å². The Bertz CT molecular complexity index is 542. The molecule has 0 radical (unpaired) electrons. The van der Waals surface area contributed by atoms with E-state index in [0.717, 1.165) is 11.3 Å². The molecule has 0 saturated carbocycles. The quantitative estimate of drug-likeness (QED) is 0.851. The van der Waals surface area contributed by atoms with Gasteiger partial charge in [0.1, 0.15) is 11.6 Å². The van der Waals surface area contributed by atoms with Crippen molar-refractivity contribution in [1.29, 1.82) is 0 Å². The smallest absolute Gasteiger partial charge is 0.123 e. The van der Waals surface area contributed by atoms with Crippen LogP contribution in [0.5, 0.6) is 5.75 Å². The summed E-state index contributed by atoms with van der Waals surface area (Å²) in [7, 11) is 1.63. The molecule has 2 rings (SSSR count). The zero-order valence-electron chi connectivity index (χ0n) is 11.3. The summed E-state index contributed by atoms with van der Waals surface area (Å²) >= 11 is 0. The van der Waals surface area contributed by atoms with Crippen molar-refractivity contribution >= 4 is 0 Å². The molecule has 0 aliphatic rings. The third-order valence-electron chi connectivity index (χ3n) is 3.10. The second-order valence-corrected chi connectivity index (χ2v) is 4.51. The highest BCUT2D eigenvalue weighted by molar-refractivity contribution is 5.33. The van der Waals surface area contributed by atoms with Crippen LogP contribution >= 0.6 is 0 Å². The molecule has 4 heteroatoms. The van der Waals surface area contributed by atoms with Gasteiger partial charge in [-0.15, -0.1) is 0 Å². The average molecular weight is 275 g/mol. The zero-order valence-corrected chi connectivity index (χ0v) is 11.3. The van der Waals surface area contributed by atoms with Gasteiger partial charge in [0.2, 0.25) is 0 Å². The van der Waals surface area contributed by atoms with Gasteiger partial charge in [0.25, 0.3) is 0 Å². The lowest BCUT2D eigenvalue weighted by Crippen LogP contribution is -2.21. The highest BCUT2D eigenvalue weighted by Crippen LogP contribution is 2.17. The molecule has 0 bridgehead atoms. The van der Waals surface area contributed by atoms with Crippen molar-refractivity contribution in [2.24, 2.45) is 0 Å². The van der Waals surface area contributed by atoms with E-state index in [0.29, 0.717) is 18.7 Å². The van der Waals surface area contributed by atoms with E-state index in [1.54, 1.807) is 19.2 Å². The summed E-state index contributed by atoms with van der Waals surface area (Å²) in [4.78, 5) is 0. The Morgan fingerprint density at radius 2 is 1.85 bits per heavy atom. The predicted octanol–water partition coefficient (Wildman–Crippen LogP) is 2.66. The maximum atomic E-state index is 12.8. The third kappa shape index (κ3) is 3.79. The second kappa shape index (κ2) is 7.03. The fourth-order valence-corrected chi connectivity index (χ4v) is 2.00. The number of aliphatic hydroxyl groups is 1. The fraction of sp³-hybridized carbons (Fsp3) is 0.250. The van der Waals surface area contributed by atoms with E-state index in [4.69, 9.17) is 4.74 Å². The molecule has 0 saturated heterocycles. The molecule has 3 nitrogen and oxygen atoms in total. The Morgan fingerprint density at radius 3 is 2.55 bits per heavy atom. The number of ether oxygens (including phenoxy) is 1. The predicted molar refractivity (Wildman–Crippen MR) is 76.1 cm³/mol. The lowest BCUT2D eigenvalue weighted by atomic mass is 10.1. The lowest BCUT2D eigenvalue weighted by Gasteiger charge is -2.13. The summed E-state index contributed by atoms with van der Waals surface area (Å²) in [5.74, 6) is 0.513. The van der Waals surface area contributed by atoms with Crippen molar-refractivity contribution in [2.45, 2.75) is 12.6 Å².